The van der Waals surface area contributed by atoms with Gasteiger partial charge < -0.3 is 9.73 Å². The molecule has 0 radical (unpaired) electrons. The predicted molar refractivity (Wildman–Crippen MR) is 77.1 cm³/mol. The molecule has 2 nitrogen and oxygen atoms in total. The number of aryl methyl sites for hydroxylation is 2. The van der Waals surface area contributed by atoms with E-state index in [9.17, 15) is 0 Å². The fraction of sp³-hybridized carbons (Fsp3) is 0.412. The van der Waals surface area contributed by atoms with Crippen molar-refractivity contribution < 1.29 is 4.42 Å². The van der Waals surface area contributed by atoms with Crippen LogP contribution in [0.2, 0.25) is 0 Å². The monoisotopic (exact) mass is 255 g/mol. The van der Waals surface area contributed by atoms with Crippen LogP contribution in [0.15, 0.2) is 41.0 Å². The molecule has 1 unspecified atom stereocenters. The zero-order chi connectivity index (χ0) is 13.2. The Labute approximate surface area is 114 Å². The lowest BCUT2D eigenvalue weighted by atomic mass is 10.0. The molecule has 19 heavy (non-hydrogen) atoms. The summed E-state index contributed by atoms with van der Waals surface area (Å²) in [5.74, 6) is 0.994. The average Bonchev–Trinajstić information content (AvgIpc) is 3.09. The fourth-order valence-corrected chi connectivity index (χ4v) is 2.95. The van der Waals surface area contributed by atoms with Crippen LogP contribution in [0.1, 0.15) is 54.8 Å². The van der Waals surface area contributed by atoms with Crippen LogP contribution in [-0.4, -0.2) is 0 Å². The van der Waals surface area contributed by atoms with E-state index in [1.54, 1.807) is 6.26 Å². The largest absolute Gasteiger partial charge is 0.468 e. The summed E-state index contributed by atoms with van der Waals surface area (Å²) in [6.45, 7) is 4.36. The highest BCUT2D eigenvalue weighted by molar-refractivity contribution is 5.36. The van der Waals surface area contributed by atoms with Gasteiger partial charge >= 0.3 is 0 Å². The van der Waals surface area contributed by atoms with Crippen molar-refractivity contribution in [3.8, 4) is 0 Å². The number of rotatable bonds is 4. The van der Waals surface area contributed by atoms with Gasteiger partial charge in [0.05, 0.1) is 12.3 Å². The van der Waals surface area contributed by atoms with Gasteiger partial charge in [-0.05, 0) is 61.9 Å². The Hall–Kier alpha value is -1.54. The molecule has 100 valence electrons. The van der Waals surface area contributed by atoms with Gasteiger partial charge in [0.25, 0.3) is 0 Å². The van der Waals surface area contributed by atoms with E-state index in [-0.39, 0.29) is 6.04 Å². The zero-order valence-electron chi connectivity index (χ0n) is 11.6. The van der Waals surface area contributed by atoms with Gasteiger partial charge in [0.15, 0.2) is 0 Å². The normalized spacial score (nSPS) is 17.2. The van der Waals surface area contributed by atoms with Crippen molar-refractivity contribution in [1.82, 2.24) is 5.32 Å². The minimum atomic E-state index is 0.234. The first kappa shape index (κ1) is 12.5. The Morgan fingerprint density at radius 1 is 1.05 bits per heavy atom. The minimum Gasteiger partial charge on any atom is -0.468 e. The van der Waals surface area contributed by atoms with Gasteiger partial charge in [-0.1, -0.05) is 18.2 Å². The maximum atomic E-state index is 5.44. The summed E-state index contributed by atoms with van der Waals surface area (Å²) in [5, 5.41) is 3.60. The molecule has 3 rings (SSSR count). The Bertz CT molecular complexity index is 544. The van der Waals surface area contributed by atoms with E-state index in [4.69, 9.17) is 4.42 Å². The fourth-order valence-electron chi connectivity index (χ4n) is 2.95. The van der Waals surface area contributed by atoms with Gasteiger partial charge in [0.1, 0.15) is 5.76 Å². The maximum Gasteiger partial charge on any atom is 0.120 e. The van der Waals surface area contributed by atoms with Crippen LogP contribution < -0.4 is 5.32 Å². The van der Waals surface area contributed by atoms with Crippen LogP contribution in [0.4, 0.5) is 0 Å². The molecule has 0 aliphatic heterocycles. The molecule has 2 aromatic rings. The SMILES string of the molecule is CC(N[C@@H](C)c1ccco1)c1ccc2c(c1)CCC2. The summed E-state index contributed by atoms with van der Waals surface area (Å²) >= 11 is 0. The summed E-state index contributed by atoms with van der Waals surface area (Å²) < 4.78 is 5.44. The molecule has 2 heteroatoms. The van der Waals surface area contributed by atoms with Crippen LogP contribution in [0.3, 0.4) is 0 Å². The highest BCUT2D eigenvalue weighted by atomic mass is 16.3. The third-order valence-electron chi connectivity index (χ3n) is 4.09. The van der Waals surface area contributed by atoms with E-state index in [2.05, 4.69) is 37.4 Å². The van der Waals surface area contributed by atoms with Gasteiger partial charge in [-0.3, -0.25) is 0 Å². The molecule has 1 aliphatic rings. The Morgan fingerprint density at radius 2 is 1.89 bits per heavy atom. The molecule has 1 heterocycles. The number of furan rings is 1. The highest BCUT2D eigenvalue weighted by Crippen LogP contribution is 2.26. The van der Waals surface area contributed by atoms with Crippen molar-refractivity contribution in [3.05, 3.63) is 59.0 Å². The van der Waals surface area contributed by atoms with E-state index in [0.717, 1.165) is 5.76 Å². The maximum absolute atomic E-state index is 5.44. The van der Waals surface area contributed by atoms with Gasteiger partial charge in [-0.15, -0.1) is 0 Å². The number of nitrogens with one attached hydrogen (secondary N) is 1. The van der Waals surface area contributed by atoms with Gasteiger partial charge in [-0.2, -0.15) is 0 Å². The van der Waals surface area contributed by atoms with Gasteiger partial charge in [-0.25, -0.2) is 0 Å². The van der Waals surface area contributed by atoms with Crippen molar-refractivity contribution >= 4 is 0 Å². The second-order valence-corrected chi connectivity index (χ2v) is 5.51. The molecule has 0 bridgehead atoms. The van der Waals surface area contributed by atoms with Crippen molar-refractivity contribution in [3.63, 3.8) is 0 Å². The molecule has 2 atom stereocenters. The first-order valence-electron chi connectivity index (χ1n) is 7.15. The molecule has 0 saturated carbocycles. The summed E-state index contributed by atoms with van der Waals surface area (Å²) in [4.78, 5) is 0. The van der Waals surface area contributed by atoms with Crippen LogP contribution in [-0.2, 0) is 12.8 Å². The van der Waals surface area contributed by atoms with Gasteiger partial charge in [0, 0.05) is 6.04 Å². The molecule has 0 saturated heterocycles. The van der Waals surface area contributed by atoms with E-state index < -0.39 is 0 Å². The lowest BCUT2D eigenvalue weighted by Crippen LogP contribution is -2.22. The molecule has 1 aromatic carbocycles. The molecule has 1 aromatic heterocycles. The van der Waals surface area contributed by atoms with Crippen molar-refractivity contribution in [1.29, 1.82) is 0 Å². The second-order valence-electron chi connectivity index (χ2n) is 5.51. The molecule has 1 aliphatic carbocycles. The first-order chi connectivity index (χ1) is 9.24. The average molecular weight is 255 g/mol. The van der Waals surface area contributed by atoms with E-state index in [1.807, 2.05) is 12.1 Å². The van der Waals surface area contributed by atoms with Crippen LogP contribution in [0.25, 0.3) is 0 Å². The standard InChI is InChI=1S/C17H21NO/c1-12(18-13(2)17-7-4-10-19-17)15-9-8-14-5-3-6-16(14)11-15/h4,7-13,18H,3,5-6H2,1-2H3/t12?,13-/m0/s1. The van der Waals surface area contributed by atoms with Crippen LogP contribution in [0, 0.1) is 0 Å². The number of hydrogen-bond acceptors (Lipinski definition) is 2. The molecular weight excluding hydrogens is 234 g/mol. The van der Waals surface area contributed by atoms with Crippen LogP contribution >= 0.6 is 0 Å². The van der Waals surface area contributed by atoms with E-state index >= 15 is 0 Å². The van der Waals surface area contributed by atoms with Crippen molar-refractivity contribution in [2.24, 2.45) is 0 Å². The van der Waals surface area contributed by atoms with Crippen molar-refractivity contribution in [2.75, 3.05) is 0 Å². The number of benzene rings is 1. The smallest absolute Gasteiger partial charge is 0.120 e. The third-order valence-corrected chi connectivity index (χ3v) is 4.09. The predicted octanol–water partition coefficient (Wildman–Crippen LogP) is 4.18. The van der Waals surface area contributed by atoms with Gasteiger partial charge in [0.2, 0.25) is 0 Å². The summed E-state index contributed by atoms with van der Waals surface area (Å²) in [6, 6.07) is 11.5. The number of fused-ring (bicyclic) bond motifs is 1. The summed E-state index contributed by atoms with van der Waals surface area (Å²) in [7, 11) is 0. The highest BCUT2D eigenvalue weighted by Gasteiger charge is 2.16. The quantitative estimate of drug-likeness (QED) is 0.886. The summed E-state index contributed by atoms with van der Waals surface area (Å²) in [5.41, 5.74) is 4.45. The molecule has 0 fully saturated rings. The Morgan fingerprint density at radius 3 is 2.68 bits per heavy atom. The molecular formula is C17H21NO. The molecule has 0 amide bonds. The van der Waals surface area contributed by atoms with E-state index in [1.165, 1.54) is 36.0 Å². The number of hydrogen-bond donors (Lipinski definition) is 1. The Kier molecular flexibility index (Phi) is 3.43. The van der Waals surface area contributed by atoms with Crippen molar-refractivity contribution in [2.45, 2.75) is 45.2 Å². The topological polar surface area (TPSA) is 25.2 Å². The lowest BCUT2D eigenvalue weighted by molar-refractivity contribution is 0.403. The van der Waals surface area contributed by atoms with E-state index in [0.29, 0.717) is 6.04 Å². The lowest BCUT2D eigenvalue weighted by Gasteiger charge is -2.19. The second kappa shape index (κ2) is 5.22. The third kappa shape index (κ3) is 2.59. The first-order valence-corrected chi connectivity index (χ1v) is 7.15. The molecule has 1 N–H and O–H groups in total. The minimum absolute atomic E-state index is 0.234. The van der Waals surface area contributed by atoms with Crippen LogP contribution in [0.5, 0.6) is 0 Å². The summed E-state index contributed by atoms with van der Waals surface area (Å²) in [6.07, 6.45) is 5.53. The zero-order valence-corrected chi connectivity index (χ0v) is 11.6. The molecule has 0 spiro atoms. The Balaban J connectivity index is 1.72.